The van der Waals surface area contributed by atoms with Crippen molar-refractivity contribution >= 4 is 17.2 Å². The summed E-state index contributed by atoms with van der Waals surface area (Å²) >= 11 is 1.61. The van der Waals surface area contributed by atoms with Gasteiger partial charge in [0.05, 0.1) is 11.3 Å². The van der Waals surface area contributed by atoms with Crippen molar-refractivity contribution < 1.29 is 4.79 Å². The molecular weight excluding hydrogens is 308 g/mol. The van der Waals surface area contributed by atoms with Crippen molar-refractivity contribution in [2.45, 2.75) is 58.0 Å². The zero-order valence-electron chi connectivity index (χ0n) is 13.6. The molecule has 1 aliphatic heterocycles. The van der Waals surface area contributed by atoms with Crippen LogP contribution in [0.3, 0.4) is 0 Å². The molecule has 0 aliphatic carbocycles. The number of aromatic nitrogens is 3. The number of aryl methyl sites for hydroxylation is 2. The molecule has 0 saturated carbocycles. The lowest BCUT2D eigenvalue weighted by atomic mass is 9.99. The number of hydrogen-bond acceptors (Lipinski definition) is 4. The van der Waals surface area contributed by atoms with Crippen molar-refractivity contribution in [1.29, 1.82) is 0 Å². The monoisotopic (exact) mass is 332 g/mol. The van der Waals surface area contributed by atoms with Crippen LogP contribution in [0.2, 0.25) is 0 Å². The van der Waals surface area contributed by atoms with Crippen LogP contribution in [-0.2, 0) is 13.0 Å². The van der Waals surface area contributed by atoms with E-state index in [0.29, 0.717) is 11.7 Å². The lowest BCUT2D eigenvalue weighted by Crippen LogP contribution is -2.44. The molecule has 1 fully saturated rings. The number of thiazole rings is 1. The predicted molar refractivity (Wildman–Crippen MR) is 91.6 cm³/mol. The van der Waals surface area contributed by atoms with Crippen LogP contribution in [0, 0.1) is 0 Å². The molecule has 1 aliphatic rings. The summed E-state index contributed by atoms with van der Waals surface area (Å²) in [7, 11) is 0. The smallest absolute Gasteiger partial charge is 0.273 e. The summed E-state index contributed by atoms with van der Waals surface area (Å²) in [6, 6.07) is 0.315. The second-order valence-electron chi connectivity index (χ2n) is 6.11. The van der Waals surface area contributed by atoms with Crippen molar-refractivity contribution in [2.75, 3.05) is 6.54 Å². The van der Waals surface area contributed by atoms with Crippen LogP contribution >= 0.6 is 11.3 Å². The van der Waals surface area contributed by atoms with Crippen LogP contribution < -0.4 is 0 Å². The van der Waals surface area contributed by atoms with Crippen molar-refractivity contribution in [3.63, 3.8) is 0 Å². The number of imidazole rings is 1. The molecule has 2 aromatic heterocycles. The van der Waals surface area contributed by atoms with E-state index in [0.717, 1.165) is 50.2 Å². The molecule has 1 amide bonds. The van der Waals surface area contributed by atoms with Crippen molar-refractivity contribution in [2.24, 2.45) is 0 Å². The topological polar surface area (TPSA) is 51.0 Å². The fourth-order valence-corrected chi connectivity index (χ4v) is 4.04. The molecule has 3 rings (SSSR count). The zero-order valence-corrected chi connectivity index (χ0v) is 14.5. The first-order valence-electron chi connectivity index (χ1n) is 8.49. The van der Waals surface area contributed by atoms with E-state index >= 15 is 0 Å². The summed E-state index contributed by atoms with van der Waals surface area (Å²) in [5.41, 5.74) is 0.632. The van der Waals surface area contributed by atoms with Crippen molar-refractivity contribution in [3.8, 4) is 0 Å². The molecule has 1 atom stereocenters. The summed E-state index contributed by atoms with van der Waals surface area (Å²) in [4.78, 5) is 23.5. The molecule has 0 unspecified atom stereocenters. The maximum Gasteiger partial charge on any atom is 0.273 e. The van der Waals surface area contributed by atoms with E-state index in [-0.39, 0.29) is 5.91 Å². The first-order chi connectivity index (χ1) is 11.3. The minimum Gasteiger partial charge on any atom is -0.337 e. The van der Waals surface area contributed by atoms with Crippen molar-refractivity contribution in [3.05, 3.63) is 34.8 Å². The lowest BCUT2D eigenvalue weighted by Gasteiger charge is -2.35. The molecule has 0 spiro atoms. The number of hydrogen-bond donors (Lipinski definition) is 0. The van der Waals surface area contributed by atoms with Gasteiger partial charge in [-0.2, -0.15) is 0 Å². The Morgan fingerprint density at radius 2 is 2.35 bits per heavy atom. The average molecular weight is 332 g/mol. The lowest BCUT2D eigenvalue weighted by molar-refractivity contribution is 0.0590. The molecule has 23 heavy (non-hydrogen) atoms. The van der Waals surface area contributed by atoms with Gasteiger partial charge in [0, 0.05) is 36.9 Å². The number of nitrogens with zero attached hydrogens (tertiary/aromatic N) is 4. The number of likely N-dealkylation sites (tertiary alicyclic amines) is 1. The minimum atomic E-state index is 0.110. The number of rotatable bonds is 6. The van der Waals surface area contributed by atoms with E-state index < -0.39 is 0 Å². The van der Waals surface area contributed by atoms with E-state index in [1.54, 1.807) is 17.5 Å². The largest absolute Gasteiger partial charge is 0.337 e. The highest BCUT2D eigenvalue weighted by atomic mass is 32.1. The first kappa shape index (κ1) is 16.2. The molecule has 124 valence electrons. The Hall–Kier alpha value is -1.69. The van der Waals surface area contributed by atoms with E-state index in [2.05, 4.69) is 21.5 Å². The van der Waals surface area contributed by atoms with Gasteiger partial charge in [0.1, 0.15) is 5.69 Å². The number of carbonyl (C=O) groups is 1. The van der Waals surface area contributed by atoms with Gasteiger partial charge in [-0.1, -0.05) is 6.92 Å². The molecule has 0 bridgehead atoms. The van der Waals surface area contributed by atoms with Crippen molar-refractivity contribution in [1.82, 2.24) is 19.4 Å². The molecule has 6 heteroatoms. The predicted octanol–water partition coefficient (Wildman–Crippen LogP) is 3.38. The molecule has 0 radical (unpaired) electrons. The normalized spacial score (nSPS) is 18.3. The molecule has 5 nitrogen and oxygen atoms in total. The third kappa shape index (κ3) is 3.99. The fraction of sp³-hybridized carbons (Fsp3) is 0.588. The third-order valence-corrected chi connectivity index (χ3v) is 5.31. The summed E-state index contributed by atoms with van der Waals surface area (Å²) in [6.07, 6.45) is 12.0. The molecule has 1 saturated heterocycles. The first-order valence-corrected chi connectivity index (χ1v) is 9.37. The second-order valence-corrected chi connectivity index (χ2v) is 7.06. The number of piperidine rings is 1. The zero-order chi connectivity index (χ0) is 16.1. The molecule has 3 heterocycles. The van der Waals surface area contributed by atoms with Gasteiger partial charge in [0.25, 0.3) is 5.91 Å². The highest BCUT2D eigenvalue weighted by Crippen LogP contribution is 2.23. The van der Waals surface area contributed by atoms with Crippen LogP contribution in [0.1, 0.15) is 54.5 Å². The van der Waals surface area contributed by atoms with Gasteiger partial charge in [0.15, 0.2) is 0 Å². The fourth-order valence-electron chi connectivity index (χ4n) is 3.17. The maximum absolute atomic E-state index is 12.8. The highest BCUT2D eigenvalue weighted by Gasteiger charge is 2.28. The van der Waals surface area contributed by atoms with Gasteiger partial charge in [-0.15, -0.1) is 11.3 Å². The third-order valence-electron chi connectivity index (χ3n) is 4.40. The van der Waals surface area contributed by atoms with Crippen LogP contribution in [0.4, 0.5) is 0 Å². The summed E-state index contributed by atoms with van der Waals surface area (Å²) < 4.78 is 2.08. The Balaban J connectivity index is 1.65. The van der Waals surface area contributed by atoms with E-state index in [1.807, 2.05) is 22.8 Å². The summed E-state index contributed by atoms with van der Waals surface area (Å²) in [5, 5.41) is 3.00. The Bertz CT molecular complexity index is 622. The maximum atomic E-state index is 12.8. The van der Waals surface area contributed by atoms with E-state index in [1.165, 1.54) is 6.42 Å². The van der Waals surface area contributed by atoms with Crippen LogP contribution in [0.15, 0.2) is 24.1 Å². The summed E-state index contributed by atoms with van der Waals surface area (Å²) in [5.74, 6) is 0.110. The minimum absolute atomic E-state index is 0.110. The standard InChI is InChI=1S/C17H24N4OS/c1-2-5-16-19-15(12-23-16)17(22)21-9-4-3-6-14(21)7-10-20-11-8-18-13-20/h8,11-14H,2-7,9-10H2,1H3/t14-/m1/s1. The number of amides is 1. The average Bonchev–Trinajstić information content (AvgIpc) is 3.25. The van der Waals surface area contributed by atoms with Crippen LogP contribution in [0.25, 0.3) is 0 Å². The van der Waals surface area contributed by atoms with Gasteiger partial charge < -0.3 is 9.47 Å². The van der Waals surface area contributed by atoms with Crippen LogP contribution in [-0.4, -0.2) is 37.9 Å². The van der Waals surface area contributed by atoms with Gasteiger partial charge in [-0.25, -0.2) is 9.97 Å². The van der Waals surface area contributed by atoms with Gasteiger partial charge in [-0.05, 0) is 38.5 Å². The summed E-state index contributed by atoms with van der Waals surface area (Å²) in [6.45, 7) is 3.90. The Labute approximate surface area is 141 Å². The van der Waals surface area contributed by atoms with Gasteiger partial charge >= 0.3 is 0 Å². The molecular formula is C17H24N4OS. The SMILES string of the molecule is CCCc1nc(C(=O)N2CCCC[C@@H]2CCn2ccnc2)cs1. The van der Waals surface area contributed by atoms with E-state index in [9.17, 15) is 4.79 Å². The molecule has 0 N–H and O–H groups in total. The molecule has 2 aromatic rings. The van der Waals surface area contributed by atoms with E-state index in [4.69, 9.17) is 0 Å². The number of carbonyl (C=O) groups excluding carboxylic acids is 1. The molecule has 0 aromatic carbocycles. The Morgan fingerprint density at radius 1 is 1.43 bits per heavy atom. The Kier molecular flexibility index (Phi) is 5.43. The Morgan fingerprint density at radius 3 is 3.13 bits per heavy atom. The van der Waals surface area contributed by atoms with Crippen LogP contribution in [0.5, 0.6) is 0 Å². The van der Waals surface area contributed by atoms with Gasteiger partial charge in [0.2, 0.25) is 0 Å². The second kappa shape index (κ2) is 7.73. The highest BCUT2D eigenvalue weighted by molar-refractivity contribution is 7.09. The quantitative estimate of drug-likeness (QED) is 0.815. The van der Waals surface area contributed by atoms with Gasteiger partial charge in [-0.3, -0.25) is 4.79 Å².